The molecule has 2 aromatic carbocycles. The van der Waals surface area contributed by atoms with Crippen molar-refractivity contribution < 1.29 is 9.59 Å². The van der Waals surface area contributed by atoms with Gasteiger partial charge in [-0.05, 0) is 61.8 Å². The lowest BCUT2D eigenvalue weighted by Gasteiger charge is -2.41. The Labute approximate surface area is 357 Å². The zero-order valence-electron chi connectivity index (χ0n) is 34.3. The fourth-order valence-electron chi connectivity index (χ4n) is 7.56. The van der Waals surface area contributed by atoms with E-state index in [1.807, 2.05) is 62.4 Å². The largest absolute Gasteiger partial charge is 0.386 e. The Morgan fingerprint density at radius 3 is 1.44 bits per heavy atom. The number of nitrogens with zero attached hydrogens (tertiary/aromatic N) is 10. The number of hydrogen-bond acceptors (Lipinski definition) is 14. The number of amides is 2. The molecule has 62 heavy (non-hydrogen) atoms. The predicted molar refractivity (Wildman–Crippen MR) is 237 cm³/mol. The lowest BCUT2D eigenvalue weighted by atomic mass is 9.63. The second-order valence-corrected chi connectivity index (χ2v) is 15.7. The van der Waals surface area contributed by atoms with E-state index < -0.39 is 22.6 Å². The molecule has 0 unspecified atom stereocenters. The van der Waals surface area contributed by atoms with Crippen molar-refractivity contribution in [2.45, 2.75) is 69.2 Å². The van der Waals surface area contributed by atoms with Crippen LogP contribution in [0.15, 0.2) is 108 Å². The lowest BCUT2D eigenvalue weighted by molar-refractivity contribution is 0.0987. The fraction of sp³-hybridized carbons (Fsp3) is 0.273. The van der Waals surface area contributed by atoms with Gasteiger partial charge in [0.15, 0.2) is 0 Å². The summed E-state index contributed by atoms with van der Waals surface area (Å²) in [6.07, 6.45) is 17.6. The SMILES string of the molecule is CC(C)Nc1cnc(C(=O)N=C(N)C2(c3ccc(-c4cnc(NCNc5cnc(C(=O)N=C(N)C6(c7ccc(-c8cnc(N)nc8)cc7)CCC6)cn5)nc4)cc3)CCC2)cn1. The molecule has 2 amide bonds. The maximum Gasteiger partial charge on any atom is 0.298 e. The molecule has 4 aromatic heterocycles. The maximum atomic E-state index is 13.1. The minimum absolute atomic E-state index is 0.0770. The van der Waals surface area contributed by atoms with E-state index in [0.717, 1.165) is 71.9 Å². The van der Waals surface area contributed by atoms with E-state index in [1.165, 1.54) is 24.8 Å². The van der Waals surface area contributed by atoms with Gasteiger partial charge in [0.1, 0.15) is 34.7 Å². The van der Waals surface area contributed by atoms with Gasteiger partial charge >= 0.3 is 0 Å². The number of amidine groups is 2. The Hall–Kier alpha value is -7.76. The number of benzene rings is 2. The van der Waals surface area contributed by atoms with E-state index >= 15 is 0 Å². The summed E-state index contributed by atoms with van der Waals surface area (Å²) < 4.78 is 0. The van der Waals surface area contributed by atoms with Gasteiger partial charge in [-0.2, -0.15) is 9.98 Å². The second-order valence-electron chi connectivity index (χ2n) is 15.7. The fourth-order valence-corrected chi connectivity index (χ4v) is 7.56. The molecule has 18 heteroatoms. The molecule has 0 aliphatic heterocycles. The molecule has 2 fully saturated rings. The second kappa shape index (κ2) is 17.5. The lowest BCUT2D eigenvalue weighted by Crippen LogP contribution is -2.47. The number of aliphatic imine (C=N–C) groups is 2. The van der Waals surface area contributed by atoms with Gasteiger partial charge in [0.05, 0.1) is 42.3 Å². The van der Waals surface area contributed by atoms with Crippen LogP contribution < -0.4 is 33.2 Å². The van der Waals surface area contributed by atoms with Crippen LogP contribution in [0.4, 0.5) is 23.5 Å². The monoisotopic (exact) mass is 830 g/mol. The highest BCUT2D eigenvalue weighted by atomic mass is 16.2. The molecular weight excluding hydrogens is 785 g/mol. The molecule has 2 saturated carbocycles. The molecule has 0 saturated heterocycles. The summed E-state index contributed by atoms with van der Waals surface area (Å²) in [5, 5.41) is 9.35. The minimum Gasteiger partial charge on any atom is -0.386 e. The van der Waals surface area contributed by atoms with Crippen molar-refractivity contribution in [2.24, 2.45) is 21.5 Å². The van der Waals surface area contributed by atoms with E-state index in [-0.39, 0.29) is 41.7 Å². The molecule has 2 aliphatic rings. The number of rotatable bonds is 14. The minimum atomic E-state index is -0.565. The Kier molecular flexibility index (Phi) is 11.5. The Balaban J connectivity index is 0.833. The van der Waals surface area contributed by atoms with Gasteiger partial charge in [-0.15, -0.1) is 0 Å². The van der Waals surface area contributed by atoms with Crippen molar-refractivity contribution in [3.63, 3.8) is 0 Å². The van der Waals surface area contributed by atoms with Gasteiger partial charge in [-0.25, -0.2) is 39.9 Å². The number of nitrogen functional groups attached to an aromatic ring is 1. The highest BCUT2D eigenvalue weighted by molar-refractivity contribution is 6.06. The first-order chi connectivity index (χ1) is 30.0. The van der Waals surface area contributed by atoms with Gasteiger partial charge in [0, 0.05) is 42.0 Å². The summed E-state index contributed by atoms with van der Waals surface area (Å²) in [4.78, 5) is 68.7. The molecule has 8 rings (SSSR count). The standard InChI is InChI=1S/C44H46N16O2/c1-26(2)58-36-24-49-34(22-51-36)38(62)60-40(46)44(15-4-16-44)32-11-7-28(8-12-32)30-19-54-42(55-20-30)57-25-56-35-23-48-33(21-50-35)37(61)59-39(45)43(13-3-14-43)31-9-5-27(6-10-31)29-17-52-41(47)53-18-29/h5-12,17-24,26H,3-4,13-16,25H2,1-2H3,(H,50,56)(H,51,58)(H2,45,59,61)(H2,46,60,62)(H2,47,52,53)(H,54,55,57). The van der Waals surface area contributed by atoms with E-state index in [9.17, 15) is 9.59 Å². The summed E-state index contributed by atoms with van der Waals surface area (Å²) >= 11 is 0. The summed E-state index contributed by atoms with van der Waals surface area (Å²) in [7, 11) is 0. The first-order valence-electron chi connectivity index (χ1n) is 20.3. The summed E-state index contributed by atoms with van der Waals surface area (Å²) in [6.45, 7) is 4.23. The smallest absolute Gasteiger partial charge is 0.298 e. The normalized spacial score (nSPS) is 15.5. The van der Waals surface area contributed by atoms with Crippen molar-refractivity contribution >= 4 is 47.0 Å². The van der Waals surface area contributed by atoms with E-state index in [4.69, 9.17) is 17.2 Å². The van der Waals surface area contributed by atoms with Gasteiger partial charge in [0.2, 0.25) is 11.9 Å². The van der Waals surface area contributed by atoms with Gasteiger partial charge in [-0.1, -0.05) is 61.4 Å². The van der Waals surface area contributed by atoms with Crippen molar-refractivity contribution in [1.82, 2.24) is 39.9 Å². The zero-order valence-corrected chi connectivity index (χ0v) is 34.3. The van der Waals surface area contributed by atoms with Crippen LogP contribution in [0, 0.1) is 0 Å². The number of carbonyl (C=O) groups excluding carboxylic acids is 2. The highest BCUT2D eigenvalue weighted by Crippen LogP contribution is 2.45. The summed E-state index contributed by atoms with van der Waals surface area (Å²) in [5.74, 6) is 1.08. The molecular formula is C44H46N16O2. The number of anilines is 4. The quantitative estimate of drug-likeness (QED) is 0.0461. The molecule has 2 aliphatic carbocycles. The van der Waals surface area contributed by atoms with Gasteiger partial charge in [-0.3, -0.25) is 9.59 Å². The number of nitrogens with two attached hydrogens (primary N) is 3. The van der Waals surface area contributed by atoms with Gasteiger partial charge < -0.3 is 33.2 Å². The van der Waals surface area contributed by atoms with Crippen LogP contribution >= 0.6 is 0 Å². The topological polar surface area (TPSA) is 276 Å². The average molecular weight is 831 g/mol. The number of nitrogens with one attached hydrogen (secondary N) is 3. The number of carbonyl (C=O) groups is 2. The van der Waals surface area contributed by atoms with E-state index in [2.05, 4.69) is 65.8 Å². The van der Waals surface area contributed by atoms with Crippen LogP contribution in [-0.4, -0.2) is 76.1 Å². The number of aromatic nitrogens is 8. The van der Waals surface area contributed by atoms with Crippen LogP contribution in [0.25, 0.3) is 22.3 Å². The van der Waals surface area contributed by atoms with Crippen LogP contribution in [0.2, 0.25) is 0 Å². The molecule has 18 nitrogen and oxygen atoms in total. The summed E-state index contributed by atoms with van der Waals surface area (Å²) in [6, 6.07) is 16.1. The van der Waals surface area contributed by atoms with Crippen molar-refractivity contribution in [3.8, 4) is 22.3 Å². The molecule has 0 atom stereocenters. The van der Waals surface area contributed by atoms with Crippen molar-refractivity contribution in [2.75, 3.05) is 28.4 Å². The highest BCUT2D eigenvalue weighted by Gasteiger charge is 2.44. The Morgan fingerprint density at radius 2 is 1.03 bits per heavy atom. The molecule has 9 N–H and O–H groups in total. The number of hydrogen-bond donors (Lipinski definition) is 6. The molecule has 0 spiro atoms. The van der Waals surface area contributed by atoms with E-state index in [0.29, 0.717) is 17.6 Å². The molecule has 0 bridgehead atoms. The van der Waals surface area contributed by atoms with Crippen LogP contribution in [0.5, 0.6) is 0 Å². The van der Waals surface area contributed by atoms with Crippen LogP contribution in [-0.2, 0) is 10.8 Å². The third kappa shape index (κ3) is 8.61. The van der Waals surface area contributed by atoms with Crippen molar-refractivity contribution in [1.29, 1.82) is 0 Å². The van der Waals surface area contributed by atoms with Crippen LogP contribution in [0.1, 0.15) is 84.5 Å². The Morgan fingerprint density at radius 1 is 0.581 bits per heavy atom. The third-order valence-corrected chi connectivity index (χ3v) is 11.4. The zero-order chi connectivity index (χ0) is 43.3. The maximum absolute atomic E-state index is 13.1. The van der Waals surface area contributed by atoms with Gasteiger partial charge in [0.25, 0.3) is 11.8 Å². The molecule has 314 valence electrons. The third-order valence-electron chi connectivity index (χ3n) is 11.4. The first-order valence-corrected chi connectivity index (χ1v) is 20.3. The van der Waals surface area contributed by atoms with Crippen molar-refractivity contribution in [3.05, 3.63) is 121 Å². The average Bonchev–Trinajstić information content (AvgIpc) is 3.24. The molecule has 6 aromatic rings. The first kappa shape index (κ1) is 41.0. The molecule has 4 heterocycles. The van der Waals surface area contributed by atoms with Crippen LogP contribution in [0.3, 0.4) is 0 Å². The Bertz CT molecular complexity index is 2590. The summed E-state index contributed by atoms with van der Waals surface area (Å²) in [5.41, 5.74) is 23.3. The molecule has 0 radical (unpaired) electrons. The predicted octanol–water partition coefficient (Wildman–Crippen LogP) is 5.30. The van der Waals surface area contributed by atoms with E-state index in [1.54, 1.807) is 24.8 Å².